The second-order valence-electron chi connectivity index (χ2n) is 6.70. The van der Waals surface area contributed by atoms with E-state index in [0.29, 0.717) is 23.7 Å². The van der Waals surface area contributed by atoms with Crippen LogP contribution in [0.1, 0.15) is 24.8 Å². The topological polar surface area (TPSA) is 46.6 Å². The van der Waals surface area contributed by atoms with E-state index in [9.17, 15) is 12.8 Å². The Kier molecular flexibility index (Phi) is 5.34. The molecule has 0 radical (unpaired) electrons. The Morgan fingerprint density at radius 3 is 2.83 bits per heavy atom. The summed E-state index contributed by atoms with van der Waals surface area (Å²) in [5.74, 6) is 0.685. The lowest BCUT2D eigenvalue weighted by Gasteiger charge is -2.34. The van der Waals surface area contributed by atoms with Gasteiger partial charge in [0.05, 0.1) is 24.2 Å². The average Bonchev–Trinajstić information content (AvgIpc) is 2.86. The number of nitrogens with zero attached hydrogens (tertiary/aromatic N) is 1. The molecule has 3 rings (SSSR count). The fraction of sp³-hybridized carbons (Fsp3) is 0.647. The number of sulfone groups is 1. The van der Waals surface area contributed by atoms with Crippen LogP contribution in [-0.4, -0.2) is 50.6 Å². The van der Waals surface area contributed by atoms with Crippen LogP contribution in [0.15, 0.2) is 24.3 Å². The number of piperidine rings is 1. The van der Waals surface area contributed by atoms with Crippen molar-refractivity contribution in [3.63, 3.8) is 0 Å². The van der Waals surface area contributed by atoms with Crippen molar-refractivity contribution in [2.45, 2.75) is 32.0 Å². The largest absolute Gasteiger partial charge is 0.372 e. The van der Waals surface area contributed by atoms with Gasteiger partial charge in [0.15, 0.2) is 9.84 Å². The highest BCUT2D eigenvalue weighted by Crippen LogP contribution is 2.22. The fourth-order valence-corrected chi connectivity index (χ4v) is 5.37. The van der Waals surface area contributed by atoms with Crippen molar-refractivity contribution in [3.8, 4) is 0 Å². The Labute approximate surface area is 137 Å². The molecule has 6 heteroatoms. The maximum Gasteiger partial charge on any atom is 0.150 e. The average molecular weight is 341 g/mol. The van der Waals surface area contributed by atoms with E-state index in [1.807, 2.05) is 6.07 Å². The summed E-state index contributed by atoms with van der Waals surface area (Å²) in [5, 5.41) is 0. The van der Waals surface area contributed by atoms with E-state index in [4.69, 9.17) is 4.74 Å². The number of hydrogen-bond acceptors (Lipinski definition) is 4. The summed E-state index contributed by atoms with van der Waals surface area (Å²) in [6, 6.07) is 6.69. The maximum atomic E-state index is 13.6. The first-order valence-corrected chi connectivity index (χ1v) is 10.1. The first-order chi connectivity index (χ1) is 11.0. The molecule has 0 aliphatic carbocycles. The van der Waals surface area contributed by atoms with Crippen LogP contribution in [0.5, 0.6) is 0 Å². The third kappa shape index (κ3) is 4.75. The molecule has 0 amide bonds. The Balaban J connectivity index is 1.48. The van der Waals surface area contributed by atoms with Crippen LogP contribution in [0.3, 0.4) is 0 Å². The van der Waals surface area contributed by atoms with Crippen molar-refractivity contribution < 1.29 is 17.5 Å². The van der Waals surface area contributed by atoms with Gasteiger partial charge in [0.1, 0.15) is 5.82 Å². The number of ether oxygens (including phenoxy) is 1. The first-order valence-electron chi connectivity index (χ1n) is 8.29. The molecule has 2 aliphatic heterocycles. The molecule has 4 nitrogen and oxygen atoms in total. The Morgan fingerprint density at radius 2 is 2.09 bits per heavy atom. The number of halogens is 1. The minimum atomic E-state index is -2.81. The molecular formula is C17H24FNO3S. The molecule has 0 N–H and O–H groups in total. The minimum absolute atomic E-state index is 0.0985. The second kappa shape index (κ2) is 7.28. The van der Waals surface area contributed by atoms with Crippen molar-refractivity contribution in [1.29, 1.82) is 0 Å². The van der Waals surface area contributed by atoms with E-state index in [1.165, 1.54) is 6.07 Å². The van der Waals surface area contributed by atoms with Crippen LogP contribution in [0.4, 0.5) is 4.39 Å². The number of likely N-dealkylation sites (tertiary alicyclic amines) is 1. The summed E-state index contributed by atoms with van der Waals surface area (Å²) in [6.45, 7) is 2.93. The molecule has 0 spiro atoms. The quantitative estimate of drug-likeness (QED) is 0.824. The van der Waals surface area contributed by atoms with Gasteiger partial charge in [-0.25, -0.2) is 12.8 Å². The van der Waals surface area contributed by atoms with Gasteiger partial charge in [-0.2, -0.15) is 0 Å². The third-order valence-corrected chi connectivity index (χ3v) is 6.57. The van der Waals surface area contributed by atoms with Gasteiger partial charge >= 0.3 is 0 Å². The zero-order valence-electron chi connectivity index (χ0n) is 13.3. The summed E-state index contributed by atoms with van der Waals surface area (Å²) in [6.07, 6.45) is 2.90. The maximum absolute atomic E-state index is 13.6. The van der Waals surface area contributed by atoms with E-state index >= 15 is 0 Å². The zero-order chi connectivity index (χ0) is 16.3. The molecule has 2 heterocycles. The van der Waals surface area contributed by atoms with E-state index in [2.05, 4.69) is 4.90 Å². The zero-order valence-corrected chi connectivity index (χ0v) is 14.1. The highest BCUT2D eigenvalue weighted by Gasteiger charge is 2.30. The molecule has 2 fully saturated rings. The Hall–Kier alpha value is -0.980. The number of hydrogen-bond donors (Lipinski definition) is 0. The van der Waals surface area contributed by atoms with Crippen LogP contribution in [0.2, 0.25) is 0 Å². The predicted molar refractivity (Wildman–Crippen MR) is 87.4 cm³/mol. The van der Waals surface area contributed by atoms with Crippen molar-refractivity contribution in [2.24, 2.45) is 5.92 Å². The molecule has 0 unspecified atom stereocenters. The van der Waals surface area contributed by atoms with Crippen molar-refractivity contribution in [2.75, 3.05) is 31.1 Å². The Morgan fingerprint density at radius 1 is 1.26 bits per heavy atom. The highest BCUT2D eigenvalue weighted by atomic mass is 32.2. The van der Waals surface area contributed by atoms with E-state index in [1.54, 1.807) is 12.1 Å². The van der Waals surface area contributed by atoms with Crippen molar-refractivity contribution in [1.82, 2.24) is 4.90 Å². The molecule has 2 aliphatic rings. The van der Waals surface area contributed by atoms with Gasteiger partial charge in [0, 0.05) is 18.7 Å². The fourth-order valence-electron chi connectivity index (χ4n) is 3.52. The van der Waals surface area contributed by atoms with E-state index < -0.39 is 9.84 Å². The standard InChI is InChI=1S/C17H24FNO3S/c18-17-6-2-1-4-15(17)12-22-16-5-3-8-19(11-16)10-14-7-9-23(20,21)13-14/h1-2,4,6,14,16H,3,5,7-13H2/t14-,16-/m0/s1. The lowest BCUT2D eigenvalue weighted by molar-refractivity contribution is -0.0136. The molecular weight excluding hydrogens is 317 g/mol. The summed E-state index contributed by atoms with van der Waals surface area (Å²) in [4.78, 5) is 2.31. The molecule has 128 valence electrons. The van der Waals surface area contributed by atoms with Gasteiger partial charge in [-0.15, -0.1) is 0 Å². The van der Waals surface area contributed by atoms with Crippen molar-refractivity contribution in [3.05, 3.63) is 35.6 Å². The smallest absolute Gasteiger partial charge is 0.150 e. The van der Waals surface area contributed by atoms with Gasteiger partial charge in [-0.05, 0) is 37.8 Å². The van der Waals surface area contributed by atoms with Gasteiger partial charge in [-0.3, -0.25) is 0 Å². The molecule has 0 aromatic heterocycles. The van der Waals surface area contributed by atoms with Crippen LogP contribution < -0.4 is 0 Å². The number of rotatable bonds is 5. The summed E-state index contributed by atoms with van der Waals surface area (Å²) >= 11 is 0. The molecule has 0 saturated carbocycles. The molecule has 2 atom stereocenters. The van der Waals surface area contributed by atoms with Crippen LogP contribution >= 0.6 is 0 Å². The third-order valence-electron chi connectivity index (χ3n) is 4.74. The Bertz CT molecular complexity index is 634. The van der Waals surface area contributed by atoms with E-state index in [0.717, 1.165) is 38.9 Å². The van der Waals surface area contributed by atoms with Gasteiger partial charge in [0.2, 0.25) is 0 Å². The molecule has 0 bridgehead atoms. The summed E-state index contributed by atoms with van der Waals surface area (Å²) in [5.41, 5.74) is 0.589. The SMILES string of the molecule is O=S1(=O)CC[C@@H](CN2CCC[C@H](OCc3ccccc3F)C2)C1. The van der Waals surface area contributed by atoms with Crippen LogP contribution in [0.25, 0.3) is 0 Å². The van der Waals surface area contributed by atoms with Gasteiger partial charge in [0.25, 0.3) is 0 Å². The van der Waals surface area contributed by atoms with Crippen molar-refractivity contribution >= 4 is 9.84 Å². The lowest BCUT2D eigenvalue weighted by Crippen LogP contribution is -2.42. The monoisotopic (exact) mass is 341 g/mol. The molecule has 1 aromatic carbocycles. The summed E-state index contributed by atoms with van der Waals surface area (Å²) in [7, 11) is -2.81. The van der Waals surface area contributed by atoms with Crippen LogP contribution in [0, 0.1) is 11.7 Å². The molecule has 2 saturated heterocycles. The van der Waals surface area contributed by atoms with Gasteiger partial charge < -0.3 is 9.64 Å². The number of benzene rings is 1. The second-order valence-corrected chi connectivity index (χ2v) is 8.92. The molecule has 1 aromatic rings. The lowest BCUT2D eigenvalue weighted by atomic mass is 10.0. The first kappa shape index (κ1) is 16.9. The van der Waals surface area contributed by atoms with E-state index in [-0.39, 0.29) is 17.8 Å². The molecule has 23 heavy (non-hydrogen) atoms. The predicted octanol–water partition coefficient (Wildman–Crippen LogP) is 2.24. The normalized spacial score (nSPS) is 28.0. The van der Waals surface area contributed by atoms with Gasteiger partial charge in [-0.1, -0.05) is 18.2 Å². The minimum Gasteiger partial charge on any atom is -0.372 e. The van der Waals surface area contributed by atoms with Crippen LogP contribution in [-0.2, 0) is 21.2 Å². The highest BCUT2D eigenvalue weighted by molar-refractivity contribution is 7.91. The summed E-state index contributed by atoms with van der Waals surface area (Å²) < 4.78 is 42.6.